The van der Waals surface area contributed by atoms with E-state index in [0.717, 1.165) is 20.4 Å². The Labute approximate surface area is 282 Å². The number of aryl methyl sites for hydroxylation is 1. The van der Waals surface area contributed by atoms with E-state index in [1.54, 1.807) is 35.4 Å². The second-order valence-corrected chi connectivity index (χ2v) is 14.0. The number of hydrogen-bond acceptors (Lipinski definition) is 10. The van der Waals surface area contributed by atoms with Crippen LogP contribution in [-0.2, 0) is 9.53 Å². The summed E-state index contributed by atoms with van der Waals surface area (Å²) in [6.45, 7) is 13.8. The van der Waals surface area contributed by atoms with Crippen molar-refractivity contribution in [2.45, 2.75) is 42.4 Å². The van der Waals surface area contributed by atoms with Gasteiger partial charge in [0, 0.05) is 55.4 Å². The Kier molecular flexibility index (Phi) is 11.9. The van der Waals surface area contributed by atoms with Crippen LogP contribution in [0.3, 0.4) is 0 Å². The molecular weight excluding hydrogens is 641 g/mol. The number of methoxy groups -OCH3 is 1. The van der Waals surface area contributed by atoms with Gasteiger partial charge in [0.05, 0.1) is 23.1 Å². The van der Waals surface area contributed by atoms with Crippen LogP contribution in [0.4, 0.5) is 15.6 Å². The summed E-state index contributed by atoms with van der Waals surface area (Å²) in [6, 6.07) is 10.9. The molecule has 1 aliphatic heterocycles. The maximum atomic E-state index is 13.0. The SMILES string of the molecule is C=CC(=O)NCCNC(=O)c1cc(Sc2cnc(NC(=O)c3ccc(N4CCN(C(=O)OC(C)(C)C)CC4)cc3)s2)c(C)cc1OC. The number of anilines is 2. The molecule has 0 unspecified atom stereocenters. The van der Waals surface area contributed by atoms with Crippen LogP contribution in [0.2, 0.25) is 0 Å². The molecule has 0 radical (unpaired) electrons. The first kappa shape index (κ1) is 35.3. The minimum absolute atomic E-state index is 0.241. The molecule has 1 fully saturated rings. The Hall–Kier alpha value is -4.56. The van der Waals surface area contributed by atoms with E-state index >= 15 is 0 Å². The summed E-state index contributed by atoms with van der Waals surface area (Å²) < 4.78 is 11.7. The number of carbonyl (C=O) groups excluding carboxylic acids is 4. The number of nitrogens with zero attached hydrogens (tertiary/aromatic N) is 3. The Morgan fingerprint density at radius 2 is 1.70 bits per heavy atom. The molecule has 1 aromatic heterocycles. The number of hydrogen-bond donors (Lipinski definition) is 3. The number of amides is 4. The molecule has 3 aromatic rings. The van der Waals surface area contributed by atoms with E-state index in [-0.39, 0.29) is 36.9 Å². The summed E-state index contributed by atoms with van der Waals surface area (Å²) in [7, 11) is 1.50. The van der Waals surface area contributed by atoms with Crippen LogP contribution in [0.25, 0.3) is 0 Å². The number of benzene rings is 2. The zero-order valence-electron chi connectivity index (χ0n) is 27.2. The smallest absolute Gasteiger partial charge is 0.410 e. The van der Waals surface area contributed by atoms with Gasteiger partial charge in [0.25, 0.3) is 11.8 Å². The van der Waals surface area contributed by atoms with Gasteiger partial charge >= 0.3 is 6.09 Å². The quantitative estimate of drug-likeness (QED) is 0.189. The lowest BCUT2D eigenvalue weighted by Gasteiger charge is -2.36. The van der Waals surface area contributed by atoms with Gasteiger partial charge in [-0.25, -0.2) is 9.78 Å². The molecule has 2 heterocycles. The molecule has 47 heavy (non-hydrogen) atoms. The standard InChI is InChI=1S/C33H40N6O6S2/c1-7-27(40)34-12-13-35-30(42)24-19-26(21(2)18-25(24)44-6)46-28-20-36-31(47-28)37-29(41)22-8-10-23(11-9-22)38-14-16-39(17-15-38)32(43)45-33(3,4)5/h7-11,18-20H,1,12-17H2,2-6H3,(H,34,40)(H,35,42)(H,36,37,41). The highest BCUT2D eigenvalue weighted by atomic mass is 32.2. The maximum absolute atomic E-state index is 13.0. The number of piperazine rings is 1. The van der Waals surface area contributed by atoms with Gasteiger partial charge in [-0.1, -0.05) is 29.7 Å². The molecule has 0 bridgehead atoms. The highest BCUT2D eigenvalue weighted by molar-refractivity contribution is 8.01. The van der Waals surface area contributed by atoms with Crippen LogP contribution in [0, 0.1) is 6.92 Å². The van der Waals surface area contributed by atoms with Crippen molar-refractivity contribution in [1.29, 1.82) is 0 Å². The third-order valence-corrected chi connectivity index (χ3v) is 9.15. The first-order chi connectivity index (χ1) is 22.4. The summed E-state index contributed by atoms with van der Waals surface area (Å²) in [4.78, 5) is 58.7. The molecule has 4 amide bonds. The number of ether oxygens (including phenoxy) is 2. The van der Waals surface area contributed by atoms with Crippen molar-refractivity contribution in [2.24, 2.45) is 0 Å². The topological polar surface area (TPSA) is 142 Å². The third-order valence-electron chi connectivity index (χ3n) is 6.98. The molecule has 1 saturated heterocycles. The van der Waals surface area contributed by atoms with Crippen LogP contribution in [0.5, 0.6) is 5.75 Å². The van der Waals surface area contributed by atoms with Gasteiger partial charge in [-0.2, -0.15) is 0 Å². The molecule has 12 nitrogen and oxygen atoms in total. The molecule has 250 valence electrons. The molecule has 3 N–H and O–H groups in total. The number of aromatic nitrogens is 1. The average Bonchev–Trinajstić information content (AvgIpc) is 3.49. The zero-order valence-corrected chi connectivity index (χ0v) is 28.8. The molecule has 14 heteroatoms. The summed E-state index contributed by atoms with van der Waals surface area (Å²) in [5.41, 5.74) is 2.21. The maximum Gasteiger partial charge on any atom is 0.410 e. The molecule has 4 rings (SSSR count). The number of nitrogens with one attached hydrogen (secondary N) is 3. The van der Waals surface area contributed by atoms with Crippen LogP contribution >= 0.6 is 23.1 Å². The van der Waals surface area contributed by atoms with Crippen molar-refractivity contribution in [2.75, 3.05) is 56.6 Å². The first-order valence-electron chi connectivity index (χ1n) is 15.0. The van der Waals surface area contributed by atoms with Gasteiger partial charge in [0.2, 0.25) is 5.91 Å². The van der Waals surface area contributed by atoms with Crippen molar-refractivity contribution in [3.8, 4) is 5.75 Å². The minimum atomic E-state index is -0.530. The van der Waals surface area contributed by atoms with Gasteiger partial charge in [0.15, 0.2) is 5.13 Å². The van der Waals surface area contributed by atoms with Gasteiger partial charge < -0.3 is 29.9 Å². The molecule has 0 saturated carbocycles. The van der Waals surface area contributed by atoms with Crippen LogP contribution in [0.1, 0.15) is 47.1 Å². The number of rotatable bonds is 11. The highest BCUT2D eigenvalue weighted by Crippen LogP contribution is 2.38. The van der Waals surface area contributed by atoms with Crippen LogP contribution in [-0.4, -0.2) is 85.7 Å². The zero-order chi connectivity index (χ0) is 34.1. The van der Waals surface area contributed by atoms with Crippen molar-refractivity contribution in [1.82, 2.24) is 20.5 Å². The summed E-state index contributed by atoms with van der Waals surface area (Å²) in [6.07, 6.45) is 2.54. The average molecular weight is 681 g/mol. The second kappa shape index (κ2) is 15.8. The largest absolute Gasteiger partial charge is 0.496 e. The lowest BCUT2D eigenvalue weighted by Crippen LogP contribution is -2.50. The van der Waals surface area contributed by atoms with E-state index in [1.807, 2.05) is 39.8 Å². The summed E-state index contributed by atoms with van der Waals surface area (Å²) >= 11 is 2.76. The highest BCUT2D eigenvalue weighted by Gasteiger charge is 2.26. The van der Waals surface area contributed by atoms with E-state index in [1.165, 1.54) is 36.3 Å². The van der Waals surface area contributed by atoms with E-state index in [4.69, 9.17) is 9.47 Å². The normalized spacial score (nSPS) is 13.0. The summed E-state index contributed by atoms with van der Waals surface area (Å²) in [5, 5.41) is 8.71. The molecule has 2 aromatic carbocycles. The Balaban J connectivity index is 1.32. The Morgan fingerprint density at radius 1 is 1.02 bits per heavy atom. The lowest BCUT2D eigenvalue weighted by atomic mass is 10.1. The van der Waals surface area contributed by atoms with E-state index in [9.17, 15) is 19.2 Å². The van der Waals surface area contributed by atoms with E-state index in [0.29, 0.717) is 48.2 Å². The lowest BCUT2D eigenvalue weighted by molar-refractivity contribution is -0.116. The monoisotopic (exact) mass is 680 g/mol. The third kappa shape index (κ3) is 9.96. The minimum Gasteiger partial charge on any atom is -0.496 e. The van der Waals surface area contributed by atoms with Crippen LogP contribution in [0.15, 0.2) is 64.4 Å². The van der Waals surface area contributed by atoms with Gasteiger partial charge in [-0.15, -0.1) is 0 Å². The fourth-order valence-electron chi connectivity index (χ4n) is 4.59. The Bertz CT molecular complexity index is 1610. The summed E-state index contributed by atoms with van der Waals surface area (Å²) in [5.74, 6) is -0.484. The van der Waals surface area contributed by atoms with Crippen molar-refractivity contribution >= 4 is 57.7 Å². The van der Waals surface area contributed by atoms with Crippen molar-refractivity contribution < 1.29 is 28.7 Å². The van der Waals surface area contributed by atoms with Gasteiger partial charge in [0.1, 0.15) is 11.4 Å². The predicted octanol–water partition coefficient (Wildman–Crippen LogP) is 4.95. The number of thiazole rings is 1. The Morgan fingerprint density at radius 3 is 2.34 bits per heavy atom. The molecular formula is C33H40N6O6S2. The molecule has 0 atom stereocenters. The van der Waals surface area contributed by atoms with E-state index < -0.39 is 5.60 Å². The molecule has 0 aliphatic carbocycles. The van der Waals surface area contributed by atoms with Gasteiger partial charge in [-0.3, -0.25) is 19.7 Å². The number of carbonyl (C=O) groups is 4. The fourth-order valence-corrected chi connectivity index (χ4v) is 6.52. The van der Waals surface area contributed by atoms with Crippen LogP contribution < -0.4 is 25.6 Å². The second-order valence-electron chi connectivity index (χ2n) is 11.6. The van der Waals surface area contributed by atoms with Crippen molar-refractivity contribution in [3.05, 3.63) is 71.9 Å². The van der Waals surface area contributed by atoms with Gasteiger partial charge in [-0.05, 0) is 75.7 Å². The molecule has 0 spiro atoms. The molecule has 1 aliphatic rings. The predicted molar refractivity (Wildman–Crippen MR) is 184 cm³/mol. The first-order valence-corrected chi connectivity index (χ1v) is 16.6. The van der Waals surface area contributed by atoms with Crippen molar-refractivity contribution in [3.63, 3.8) is 0 Å². The van der Waals surface area contributed by atoms with E-state index in [2.05, 4.69) is 32.4 Å². The fraction of sp³-hybridized carbons (Fsp3) is 0.364.